The molecule has 2 rings (SSSR count). The van der Waals surface area contributed by atoms with Crippen LogP contribution in [0.4, 0.5) is 15.3 Å². The van der Waals surface area contributed by atoms with Crippen molar-refractivity contribution in [2.45, 2.75) is 6.92 Å². The molecule has 5 amide bonds. The molecule has 1 saturated heterocycles. The molecule has 4 N–H and O–H groups in total. The molecule has 0 aliphatic carbocycles. The number of anilines is 1. The predicted octanol–water partition coefficient (Wildman–Crippen LogP) is 0.501. The lowest BCUT2D eigenvalue weighted by molar-refractivity contribution is 0.0963. The minimum Gasteiger partial charge on any atom is -0.355 e. The van der Waals surface area contributed by atoms with Gasteiger partial charge in [-0.05, 0) is 24.6 Å². The second-order valence-corrected chi connectivity index (χ2v) is 5.21. The summed E-state index contributed by atoms with van der Waals surface area (Å²) in [5.41, 5.74) is 1.90. The third kappa shape index (κ3) is 4.35. The van der Waals surface area contributed by atoms with Crippen LogP contribution in [-0.2, 0) is 0 Å². The van der Waals surface area contributed by atoms with Crippen LogP contribution in [0.2, 0.25) is 0 Å². The van der Waals surface area contributed by atoms with Crippen LogP contribution in [0.5, 0.6) is 0 Å². The van der Waals surface area contributed by atoms with Crippen molar-refractivity contribution in [1.82, 2.24) is 20.9 Å². The Balaban J connectivity index is 1.87. The van der Waals surface area contributed by atoms with E-state index < -0.39 is 0 Å². The minimum absolute atomic E-state index is 0.110. The highest BCUT2D eigenvalue weighted by Gasteiger charge is 2.18. The number of urea groups is 2. The second-order valence-electron chi connectivity index (χ2n) is 5.21. The lowest BCUT2D eigenvalue weighted by Crippen LogP contribution is -2.38. The number of amides is 5. The summed E-state index contributed by atoms with van der Waals surface area (Å²) in [5.74, 6) is -0.214. The summed E-state index contributed by atoms with van der Waals surface area (Å²) in [6, 6.07) is 4.61. The number of nitrogens with zero attached hydrogens (tertiary/aromatic N) is 1. The number of benzene rings is 1. The highest BCUT2D eigenvalue weighted by molar-refractivity contribution is 5.97. The lowest BCUT2D eigenvalue weighted by Gasteiger charge is -2.15. The van der Waals surface area contributed by atoms with Gasteiger partial charge in [0.25, 0.3) is 5.91 Å². The van der Waals surface area contributed by atoms with Crippen molar-refractivity contribution in [3.63, 3.8) is 0 Å². The largest absolute Gasteiger partial charge is 0.355 e. The fourth-order valence-electron chi connectivity index (χ4n) is 2.24. The van der Waals surface area contributed by atoms with Crippen molar-refractivity contribution in [2.24, 2.45) is 0 Å². The van der Waals surface area contributed by atoms with Crippen LogP contribution >= 0.6 is 0 Å². The first-order valence-corrected chi connectivity index (χ1v) is 7.41. The Labute approximate surface area is 134 Å². The van der Waals surface area contributed by atoms with E-state index >= 15 is 0 Å². The lowest BCUT2D eigenvalue weighted by atomic mass is 10.1. The summed E-state index contributed by atoms with van der Waals surface area (Å²) in [4.78, 5) is 36.6. The number of hydrogen-bond donors (Lipinski definition) is 4. The molecule has 8 heteroatoms. The molecule has 0 atom stereocenters. The average Bonchev–Trinajstić information content (AvgIpc) is 2.94. The molecule has 124 valence electrons. The SMILES string of the molecule is CNC(=O)c1ccc(C)c(NC(=O)NCCN2CCNC2=O)c1. The molecule has 8 nitrogen and oxygen atoms in total. The molecule has 1 heterocycles. The van der Waals surface area contributed by atoms with Crippen LogP contribution in [0.1, 0.15) is 15.9 Å². The standard InChI is InChI=1S/C15H21N5O3/c1-10-3-4-11(13(21)16-2)9-12(10)19-14(22)17-5-7-20-8-6-18-15(20)23/h3-4,9H,5-8H2,1-2H3,(H,16,21)(H,18,23)(H2,17,19,22). The zero-order valence-corrected chi connectivity index (χ0v) is 13.2. The van der Waals surface area contributed by atoms with Crippen molar-refractivity contribution in [3.8, 4) is 0 Å². The van der Waals surface area contributed by atoms with Gasteiger partial charge in [-0.3, -0.25) is 4.79 Å². The van der Waals surface area contributed by atoms with Gasteiger partial charge in [-0.2, -0.15) is 0 Å². The molecular formula is C15H21N5O3. The van der Waals surface area contributed by atoms with Gasteiger partial charge in [-0.1, -0.05) is 6.07 Å². The zero-order chi connectivity index (χ0) is 16.8. The third-order valence-corrected chi connectivity index (χ3v) is 3.59. The molecule has 0 radical (unpaired) electrons. The summed E-state index contributed by atoms with van der Waals surface area (Å²) >= 11 is 0. The Morgan fingerprint density at radius 1 is 1.35 bits per heavy atom. The van der Waals surface area contributed by atoms with Gasteiger partial charge >= 0.3 is 12.1 Å². The maximum absolute atomic E-state index is 11.9. The van der Waals surface area contributed by atoms with Gasteiger partial charge in [-0.15, -0.1) is 0 Å². The van der Waals surface area contributed by atoms with Crippen molar-refractivity contribution in [2.75, 3.05) is 38.5 Å². The maximum atomic E-state index is 11.9. The van der Waals surface area contributed by atoms with E-state index in [-0.39, 0.29) is 18.0 Å². The van der Waals surface area contributed by atoms with Crippen molar-refractivity contribution < 1.29 is 14.4 Å². The maximum Gasteiger partial charge on any atom is 0.319 e. The first-order chi connectivity index (χ1) is 11.0. The van der Waals surface area contributed by atoms with E-state index in [0.29, 0.717) is 37.4 Å². The Bertz CT molecular complexity index is 617. The van der Waals surface area contributed by atoms with Gasteiger partial charge in [0.15, 0.2) is 0 Å². The molecule has 1 fully saturated rings. The Kier molecular flexibility index (Phi) is 5.40. The van der Waals surface area contributed by atoms with Crippen LogP contribution in [0, 0.1) is 6.92 Å². The number of nitrogens with one attached hydrogen (secondary N) is 4. The fraction of sp³-hybridized carbons (Fsp3) is 0.400. The summed E-state index contributed by atoms with van der Waals surface area (Å²) in [7, 11) is 1.55. The van der Waals surface area contributed by atoms with E-state index in [4.69, 9.17) is 0 Å². The Morgan fingerprint density at radius 2 is 2.13 bits per heavy atom. The number of carbonyl (C=O) groups is 3. The summed E-state index contributed by atoms with van der Waals surface area (Å²) in [5, 5.41) is 10.7. The van der Waals surface area contributed by atoms with Gasteiger partial charge in [-0.25, -0.2) is 9.59 Å². The van der Waals surface area contributed by atoms with Gasteiger partial charge in [0.05, 0.1) is 0 Å². The van der Waals surface area contributed by atoms with E-state index in [9.17, 15) is 14.4 Å². The molecular weight excluding hydrogens is 298 g/mol. The van der Waals surface area contributed by atoms with Crippen molar-refractivity contribution >= 4 is 23.7 Å². The molecule has 0 aromatic heterocycles. The Hall–Kier alpha value is -2.77. The van der Waals surface area contributed by atoms with E-state index in [1.807, 2.05) is 6.92 Å². The topological polar surface area (TPSA) is 103 Å². The number of hydrogen-bond acceptors (Lipinski definition) is 3. The van der Waals surface area contributed by atoms with E-state index in [1.54, 1.807) is 30.1 Å². The van der Waals surface area contributed by atoms with Crippen LogP contribution < -0.4 is 21.3 Å². The quantitative estimate of drug-likeness (QED) is 0.635. The molecule has 0 bridgehead atoms. The molecule has 23 heavy (non-hydrogen) atoms. The highest BCUT2D eigenvalue weighted by Crippen LogP contribution is 2.16. The zero-order valence-electron chi connectivity index (χ0n) is 13.2. The summed E-state index contributed by atoms with van der Waals surface area (Å²) in [6.07, 6.45) is 0. The fourth-order valence-corrected chi connectivity index (χ4v) is 2.24. The van der Waals surface area contributed by atoms with Crippen molar-refractivity contribution in [3.05, 3.63) is 29.3 Å². The first-order valence-electron chi connectivity index (χ1n) is 7.41. The summed E-state index contributed by atoms with van der Waals surface area (Å²) < 4.78 is 0. The highest BCUT2D eigenvalue weighted by atomic mass is 16.2. The van der Waals surface area contributed by atoms with Crippen LogP contribution in [0.3, 0.4) is 0 Å². The molecule has 1 aliphatic rings. The van der Waals surface area contributed by atoms with Crippen LogP contribution in [0.15, 0.2) is 18.2 Å². The van der Waals surface area contributed by atoms with E-state index in [1.165, 1.54) is 0 Å². The molecule has 1 aliphatic heterocycles. The van der Waals surface area contributed by atoms with Crippen LogP contribution in [-0.4, -0.2) is 56.1 Å². The smallest absolute Gasteiger partial charge is 0.319 e. The normalized spacial score (nSPS) is 13.5. The second kappa shape index (κ2) is 7.48. The molecule has 0 saturated carbocycles. The molecule has 1 aromatic carbocycles. The molecule has 0 unspecified atom stereocenters. The predicted molar refractivity (Wildman–Crippen MR) is 86.6 cm³/mol. The third-order valence-electron chi connectivity index (χ3n) is 3.59. The van der Waals surface area contributed by atoms with Gasteiger partial charge < -0.3 is 26.2 Å². The van der Waals surface area contributed by atoms with Gasteiger partial charge in [0, 0.05) is 44.5 Å². The van der Waals surface area contributed by atoms with Gasteiger partial charge in [0.1, 0.15) is 0 Å². The monoisotopic (exact) mass is 319 g/mol. The number of carbonyl (C=O) groups excluding carboxylic acids is 3. The van der Waals surface area contributed by atoms with Crippen LogP contribution in [0.25, 0.3) is 0 Å². The van der Waals surface area contributed by atoms with E-state index in [0.717, 1.165) is 5.56 Å². The van der Waals surface area contributed by atoms with E-state index in [2.05, 4.69) is 21.3 Å². The van der Waals surface area contributed by atoms with Gasteiger partial charge in [0.2, 0.25) is 0 Å². The van der Waals surface area contributed by atoms with Crippen molar-refractivity contribution in [1.29, 1.82) is 0 Å². The minimum atomic E-state index is -0.373. The average molecular weight is 319 g/mol. The molecule has 0 spiro atoms. The number of aryl methyl sites for hydroxylation is 1. The molecule has 1 aromatic rings. The number of rotatable bonds is 5. The first kappa shape index (κ1) is 16.6. The Morgan fingerprint density at radius 3 is 2.78 bits per heavy atom. The summed E-state index contributed by atoms with van der Waals surface area (Å²) in [6.45, 7) is 3.94.